The summed E-state index contributed by atoms with van der Waals surface area (Å²) in [7, 11) is 1.99. The molecule has 0 saturated carbocycles. The summed E-state index contributed by atoms with van der Waals surface area (Å²) in [6, 6.07) is 0. The summed E-state index contributed by atoms with van der Waals surface area (Å²) < 4.78 is 1.93. The second-order valence-corrected chi connectivity index (χ2v) is 5.67. The molecule has 0 amide bonds. The highest BCUT2D eigenvalue weighted by molar-refractivity contribution is 5.15. The molecule has 2 rings (SSSR count). The SMILES string of the molecule is CCC1(CO)CCN(Cc2cnn(C)c2C)CC1. The smallest absolute Gasteiger partial charge is 0.0537 e. The highest BCUT2D eigenvalue weighted by Gasteiger charge is 2.32. The van der Waals surface area contributed by atoms with E-state index in [-0.39, 0.29) is 5.41 Å². The second-order valence-electron chi connectivity index (χ2n) is 5.67. The first-order valence-corrected chi connectivity index (χ1v) is 6.91. The monoisotopic (exact) mass is 251 g/mol. The van der Waals surface area contributed by atoms with E-state index in [2.05, 4.69) is 23.8 Å². The van der Waals surface area contributed by atoms with Crippen LogP contribution in [0.5, 0.6) is 0 Å². The fraction of sp³-hybridized carbons (Fsp3) is 0.786. The van der Waals surface area contributed by atoms with Crippen molar-refractivity contribution in [3.63, 3.8) is 0 Å². The van der Waals surface area contributed by atoms with Crippen molar-refractivity contribution in [1.29, 1.82) is 0 Å². The molecular formula is C14H25N3O. The maximum absolute atomic E-state index is 9.53. The van der Waals surface area contributed by atoms with Crippen molar-refractivity contribution < 1.29 is 5.11 Å². The number of rotatable bonds is 4. The Bertz CT molecular complexity index is 386. The van der Waals surface area contributed by atoms with Crippen LogP contribution in [0.25, 0.3) is 0 Å². The van der Waals surface area contributed by atoms with Crippen molar-refractivity contribution in [1.82, 2.24) is 14.7 Å². The third kappa shape index (κ3) is 2.59. The minimum Gasteiger partial charge on any atom is -0.396 e. The number of aliphatic hydroxyl groups is 1. The molecule has 1 saturated heterocycles. The van der Waals surface area contributed by atoms with E-state index in [1.807, 2.05) is 17.9 Å². The van der Waals surface area contributed by atoms with Crippen molar-refractivity contribution in [3.8, 4) is 0 Å². The van der Waals surface area contributed by atoms with Gasteiger partial charge >= 0.3 is 0 Å². The minimum atomic E-state index is 0.181. The molecule has 1 N–H and O–H groups in total. The Balaban J connectivity index is 1.93. The topological polar surface area (TPSA) is 41.3 Å². The number of hydrogen-bond acceptors (Lipinski definition) is 3. The Morgan fingerprint density at radius 2 is 2.06 bits per heavy atom. The van der Waals surface area contributed by atoms with Gasteiger partial charge in [-0.25, -0.2) is 0 Å². The summed E-state index contributed by atoms with van der Waals surface area (Å²) >= 11 is 0. The highest BCUT2D eigenvalue weighted by atomic mass is 16.3. The Labute approximate surface area is 110 Å². The van der Waals surface area contributed by atoms with E-state index in [4.69, 9.17) is 0 Å². The van der Waals surface area contributed by atoms with Crippen molar-refractivity contribution in [2.45, 2.75) is 39.7 Å². The number of nitrogens with zero attached hydrogens (tertiary/aromatic N) is 3. The Morgan fingerprint density at radius 3 is 2.50 bits per heavy atom. The zero-order valence-corrected chi connectivity index (χ0v) is 11.8. The first-order valence-electron chi connectivity index (χ1n) is 6.91. The highest BCUT2D eigenvalue weighted by Crippen LogP contribution is 2.34. The van der Waals surface area contributed by atoms with E-state index in [0.717, 1.165) is 38.9 Å². The van der Waals surface area contributed by atoms with E-state index in [1.165, 1.54) is 11.3 Å². The molecule has 0 aliphatic carbocycles. The van der Waals surface area contributed by atoms with Gasteiger partial charge in [0.15, 0.2) is 0 Å². The van der Waals surface area contributed by atoms with Crippen molar-refractivity contribution >= 4 is 0 Å². The average Bonchev–Trinajstić information content (AvgIpc) is 2.72. The van der Waals surface area contributed by atoms with E-state index in [9.17, 15) is 5.11 Å². The third-order valence-electron chi connectivity index (χ3n) is 4.73. The molecule has 0 bridgehead atoms. The molecule has 18 heavy (non-hydrogen) atoms. The van der Waals surface area contributed by atoms with E-state index < -0.39 is 0 Å². The molecule has 2 heterocycles. The van der Waals surface area contributed by atoms with Crippen LogP contribution in [0.2, 0.25) is 0 Å². The van der Waals surface area contributed by atoms with Gasteiger partial charge in [0.2, 0.25) is 0 Å². The van der Waals surface area contributed by atoms with Crippen LogP contribution in [0.1, 0.15) is 37.4 Å². The molecule has 0 spiro atoms. The maximum atomic E-state index is 9.53. The van der Waals surface area contributed by atoms with Gasteiger partial charge in [0, 0.05) is 31.5 Å². The van der Waals surface area contributed by atoms with Crippen LogP contribution in [0.3, 0.4) is 0 Å². The molecule has 1 aliphatic heterocycles. The predicted molar refractivity (Wildman–Crippen MR) is 72.3 cm³/mol. The summed E-state index contributed by atoms with van der Waals surface area (Å²) in [4.78, 5) is 2.48. The molecule has 102 valence electrons. The first kappa shape index (κ1) is 13.6. The van der Waals surface area contributed by atoms with Gasteiger partial charge in [-0.15, -0.1) is 0 Å². The zero-order valence-electron chi connectivity index (χ0n) is 11.8. The summed E-state index contributed by atoms with van der Waals surface area (Å²) in [5.74, 6) is 0. The molecule has 1 aromatic rings. The van der Waals surface area contributed by atoms with Crippen LogP contribution in [-0.2, 0) is 13.6 Å². The van der Waals surface area contributed by atoms with Crippen molar-refractivity contribution in [3.05, 3.63) is 17.5 Å². The molecule has 4 heteroatoms. The number of aromatic nitrogens is 2. The molecule has 0 atom stereocenters. The molecule has 1 fully saturated rings. The van der Waals surface area contributed by atoms with E-state index >= 15 is 0 Å². The lowest BCUT2D eigenvalue weighted by Gasteiger charge is -2.40. The Hall–Kier alpha value is -0.870. The van der Waals surface area contributed by atoms with Crippen molar-refractivity contribution in [2.24, 2.45) is 12.5 Å². The number of piperidine rings is 1. The van der Waals surface area contributed by atoms with Crippen LogP contribution in [0, 0.1) is 12.3 Å². The molecule has 1 aromatic heterocycles. The Kier molecular flexibility index (Phi) is 4.07. The van der Waals surface area contributed by atoms with Gasteiger partial charge in [-0.1, -0.05) is 6.92 Å². The number of likely N-dealkylation sites (tertiary alicyclic amines) is 1. The fourth-order valence-corrected chi connectivity index (χ4v) is 2.75. The summed E-state index contributed by atoms with van der Waals surface area (Å²) in [5.41, 5.74) is 2.76. The van der Waals surface area contributed by atoms with E-state index in [1.54, 1.807) is 0 Å². The molecular weight excluding hydrogens is 226 g/mol. The van der Waals surface area contributed by atoms with Gasteiger partial charge in [0.05, 0.1) is 6.20 Å². The number of aryl methyl sites for hydroxylation is 1. The quantitative estimate of drug-likeness (QED) is 0.886. The molecule has 1 aliphatic rings. The van der Waals surface area contributed by atoms with Crippen LogP contribution in [-0.4, -0.2) is 39.5 Å². The molecule has 4 nitrogen and oxygen atoms in total. The largest absolute Gasteiger partial charge is 0.396 e. The van der Waals surface area contributed by atoms with Gasteiger partial charge in [0.25, 0.3) is 0 Å². The van der Waals surface area contributed by atoms with Crippen molar-refractivity contribution in [2.75, 3.05) is 19.7 Å². The minimum absolute atomic E-state index is 0.181. The lowest BCUT2D eigenvalue weighted by Crippen LogP contribution is -2.41. The Morgan fingerprint density at radius 1 is 1.39 bits per heavy atom. The zero-order chi connectivity index (χ0) is 13.2. The molecule has 0 unspecified atom stereocenters. The van der Waals surface area contributed by atoms with Crippen LogP contribution < -0.4 is 0 Å². The van der Waals surface area contributed by atoms with Gasteiger partial charge in [-0.05, 0) is 44.7 Å². The van der Waals surface area contributed by atoms with E-state index in [0.29, 0.717) is 6.61 Å². The maximum Gasteiger partial charge on any atom is 0.0537 e. The second kappa shape index (κ2) is 5.41. The average molecular weight is 251 g/mol. The lowest BCUT2D eigenvalue weighted by atomic mass is 9.77. The first-order chi connectivity index (χ1) is 8.60. The number of hydrogen-bond donors (Lipinski definition) is 1. The van der Waals surface area contributed by atoms with Crippen LogP contribution >= 0.6 is 0 Å². The number of aliphatic hydroxyl groups excluding tert-OH is 1. The fourth-order valence-electron chi connectivity index (χ4n) is 2.75. The van der Waals surface area contributed by atoms with Gasteiger partial charge in [-0.2, -0.15) is 5.10 Å². The molecule has 0 radical (unpaired) electrons. The molecule has 0 aromatic carbocycles. The summed E-state index contributed by atoms with van der Waals surface area (Å²) in [6.07, 6.45) is 5.28. The summed E-state index contributed by atoms with van der Waals surface area (Å²) in [6.45, 7) is 7.81. The summed E-state index contributed by atoms with van der Waals surface area (Å²) in [5, 5.41) is 13.8. The standard InChI is InChI=1S/C14H25N3O/c1-4-14(11-18)5-7-17(8-6-14)10-13-9-15-16(3)12(13)2/h9,18H,4-8,10-11H2,1-3H3. The normalized spacial score (nSPS) is 20.2. The lowest BCUT2D eigenvalue weighted by molar-refractivity contribution is 0.0382. The van der Waals surface area contributed by atoms with Gasteiger partial charge < -0.3 is 5.11 Å². The van der Waals surface area contributed by atoms with Gasteiger partial charge in [-0.3, -0.25) is 9.58 Å². The predicted octanol–water partition coefficient (Wildman–Crippen LogP) is 1.71. The third-order valence-corrected chi connectivity index (χ3v) is 4.73. The van der Waals surface area contributed by atoms with Crippen LogP contribution in [0.4, 0.5) is 0 Å². The van der Waals surface area contributed by atoms with Crippen LogP contribution in [0.15, 0.2) is 6.20 Å². The van der Waals surface area contributed by atoms with Gasteiger partial charge in [0.1, 0.15) is 0 Å².